The fourth-order valence-electron chi connectivity index (χ4n) is 1.72. The molecule has 17 heavy (non-hydrogen) atoms. The zero-order chi connectivity index (χ0) is 12.5. The Labute approximate surface area is 109 Å². The predicted octanol–water partition coefficient (Wildman–Crippen LogP) is 3.49. The first-order valence-corrected chi connectivity index (χ1v) is 7.66. The van der Waals surface area contributed by atoms with E-state index in [-0.39, 0.29) is 0 Å². The molecule has 0 fully saturated rings. The van der Waals surface area contributed by atoms with Gasteiger partial charge < -0.3 is 10.1 Å². The number of thioether (sulfide) groups is 1. The number of ether oxygens (including phenoxy) is 1. The summed E-state index contributed by atoms with van der Waals surface area (Å²) in [5.41, 5.74) is 1.34. The molecule has 0 aliphatic carbocycles. The monoisotopic (exact) mass is 253 g/mol. The number of nitrogens with one attached hydrogen (secondary N) is 1. The largest absolute Gasteiger partial charge is 0.494 e. The van der Waals surface area contributed by atoms with Crippen LogP contribution in [0.3, 0.4) is 0 Å². The van der Waals surface area contributed by atoms with E-state index in [1.165, 1.54) is 12.0 Å². The third kappa shape index (κ3) is 5.00. The fraction of sp³-hybridized carbons (Fsp3) is 0.571. The Balaban J connectivity index is 2.65. The Kier molecular flexibility index (Phi) is 7.13. The van der Waals surface area contributed by atoms with Gasteiger partial charge in [-0.25, -0.2) is 0 Å². The van der Waals surface area contributed by atoms with Crippen LogP contribution in [0.25, 0.3) is 0 Å². The van der Waals surface area contributed by atoms with Gasteiger partial charge in [0.25, 0.3) is 0 Å². The number of hydrogen-bond acceptors (Lipinski definition) is 3. The SMILES string of the molecule is CCCNC(CSC)c1ccc(OCC)cc1. The minimum atomic E-state index is 0.445. The third-order valence-corrected chi connectivity index (χ3v) is 3.23. The average molecular weight is 253 g/mol. The zero-order valence-electron chi connectivity index (χ0n) is 11.0. The van der Waals surface area contributed by atoms with E-state index >= 15 is 0 Å². The van der Waals surface area contributed by atoms with Crippen molar-refractivity contribution in [3.8, 4) is 5.75 Å². The van der Waals surface area contributed by atoms with Gasteiger partial charge >= 0.3 is 0 Å². The molecule has 0 saturated heterocycles. The summed E-state index contributed by atoms with van der Waals surface area (Å²) in [5.74, 6) is 2.06. The molecule has 0 amide bonds. The Morgan fingerprint density at radius 3 is 2.47 bits per heavy atom. The van der Waals surface area contributed by atoms with Crippen LogP contribution in [0.5, 0.6) is 5.75 Å². The van der Waals surface area contributed by atoms with Crippen LogP contribution in [-0.2, 0) is 0 Å². The summed E-state index contributed by atoms with van der Waals surface area (Å²) in [6, 6.07) is 8.88. The second-order valence-corrected chi connectivity index (χ2v) is 4.87. The van der Waals surface area contributed by atoms with Gasteiger partial charge in [0.2, 0.25) is 0 Å². The van der Waals surface area contributed by atoms with Crippen LogP contribution in [0.1, 0.15) is 31.9 Å². The second-order valence-electron chi connectivity index (χ2n) is 3.96. The lowest BCUT2D eigenvalue weighted by Gasteiger charge is -2.18. The average Bonchev–Trinajstić information content (AvgIpc) is 2.36. The Bertz CT molecular complexity index is 300. The molecule has 2 nitrogen and oxygen atoms in total. The normalized spacial score (nSPS) is 12.4. The summed E-state index contributed by atoms with van der Waals surface area (Å²) < 4.78 is 5.46. The van der Waals surface area contributed by atoms with E-state index < -0.39 is 0 Å². The molecule has 1 aromatic rings. The van der Waals surface area contributed by atoms with Crippen molar-refractivity contribution in [2.45, 2.75) is 26.3 Å². The van der Waals surface area contributed by atoms with Gasteiger partial charge in [-0.3, -0.25) is 0 Å². The lowest BCUT2D eigenvalue weighted by molar-refractivity contribution is 0.340. The van der Waals surface area contributed by atoms with E-state index in [9.17, 15) is 0 Å². The van der Waals surface area contributed by atoms with Crippen molar-refractivity contribution < 1.29 is 4.74 Å². The summed E-state index contributed by atoms with van der Waals surface area (Å²) in [6.07, 6.45) is 3.32. The summed E-state index contributed by atoms with van der Waals surface area (Å²) >= 11 is 1.88. The molecule has 1 aromatic carbocycles. The van der Waals surface area contributed by atoms with Gasteiger partial charge in [-0.15, -0.1) is 0 Å². The van der Waals surface area contributed by atoms with E-state index in [1.807, 2.05) is 18.7 Å². The molecule has 1 atom stereocenters. The van der Waals surface area contributed by atoms with Crippen molar-refractivity contribution in [3.05, 3.63) is 29.8 Å². The summed E-state index contributed by atoms with van der Waals surface area (Å²) in [6.45, 7) is 5.99. The van der Waals surface area contributed by atoms with Gasteiger partial charge in [0.05, 0.1) is 6.61 Å². The van der Waals surface area contributed by atoms with E-state index in [0.717, 1.165) is 24.7 Å². The van der Waals surface area contributed by atoms with Crippen molar-refractivity contribution in [1.82, 2.24) is 5.32 Å². The smallest absolute Gasteiger partial charge is 0.119 e. The summed E-state index contributed by atoms with van der Waals surface area (Å²) in [7, 11) is 0. The molecule has 0 heterocycles. The molecule has 0 radical (unpaired) electrons. The Morgan fingerprint density at radius 2 is 1.94 bits per heavy atom. The van der Waals surface area contributed by atoms with Crippen molar-refractivity contribution in [1.29, 1.82) is 0 Å². The van der Waals surface area contributed by atoms with Gasteiger partial charge in [-0.2, -0.15) is 11.8 Å². The first-order chi connectivity index (χ1) is 8.31. The van der Waals surface area contributed by atoms with Crippen LogP contribution < -0.4 is 10.1 Å². The van der Waals surface area contributed by atoms with E-state index in [4.69, 9.17) is 4.74 Å². The van der Waals surface area contributed by atoms with Gasteiger partial charge in [0, 0.05) is 11.8 Å². The van der Waals surface area contributed by atoms with E-state index in [0.29, 0.717) is 6.04 Å². The molecular formula is C14H23NOS. The van der Waals surface area contributed by atoms with Gasteiger partial charge in [-0.1, -0.05) is 19.1 Å². The fourth-order valence-corrected chi connectivity index (χ4v) is 2.36. The molecule has 0 aromatic heterocycles. The molecule has 0 bridgehead atoms. The molecule has 0 aliphatic heterocycles. The van der Waals surface area contributed by atoms with E-state index in [2.05, 4.69) is 42.8 Å². The highest BCUT2D eigenvalue weighted by Gasteiger charge is 2.09. The number of benzene rings is 1. The van der Waals surface area contributed by atoms with Gasteiger partial charge in [-0.05, 0) is 43.8 Å². The maximum absolute atomic E-state index is 5.46. The lowest BCUT2D eigenvalue weighted by atomic mass is 10.1. The lowest BCUT2D eigenvalue weighted by Crippen LogP contribution is -2.23. The molecule has 1 unspecified atom stereocenters. The topological polar surface area (TPSA) is 21.3 Å². The third-order valence-electron chi connectivity index (χ3n) is 2.57. The molecule has 1 rings (SSSR count). The van der Waals surface area contributed by atoms with Crippen molar-refractivity contribution in [2.24, 2.45) is 0 Å². The maximum Gasteiger partial charge on any atom is 0.119 e. The highest BCUT2D eigenvalue weighted by molar-refractivity contribution is 7.98. The Morgan fingerprint density at radius 1 is 1.24 bits per heavy atom. The molecule has 3 heteroatoms. The minimum Gasteiger partial charge on any atom is -0.494 e. The molecule has 0 aliphatic rings. The van der Waals surface area contributed by atoms with Crippen molar-refractivity contribution >= 4 is 11.8 Å². The highest BCUT2D eigenvalue weighted by Crippen LogP contribution is 2.20. The highest BCUT2D eigenvalue weighted by atomic mass is 32.2. The standard InChI is InChI=1S/C14H23NOS/c1-4-10-15-14(11-17-3)12-6-8-13(9-7-12)16-5-2/h6-9,14-15H,4-5,10-11H2,1-3H3. The van der Waals surface area contributed by atoms with Crippen molar-refractivity contribution in [2.75, 3.05) is 25.2 Å². The Hall–Kier alpha value is -0.670. The second kappa shape index (κ2) is 8.43. The van der Waals surface area contributed by atoms with E-state index in [1.54, 1.807) is 0 Å². The first kappa shape index (κ1) is 14.4. The summed E-state index contributed by atoms with van der Waals surface area (Å²) in [5, 5.41) is 3.58. The number of hydrogen-bond donors (Lipinski definition) is 1. The predicted molar refractivity (Wildman–Crippen MR) is 77.0 cm³/mol. The van der Waals surface area contributed by atoms with Crippen LogP contribution in [0.15, 0.2) is 24.3 Å². The molecule has 0 spiro atoms. The van der Waals surface area contributed by atoms with Crippen LogP contribution in [-0.4, -0.2) is 25.2 Å². The van der Waals surface area contributed by atoms with Gasteiger partial charge in [0.15, 0.2) is 0 Å². The zero-order valence-corrected chi connectivity index (χ0v) is 11.8. The maximum atomic E-state index is 5.46. The number of rotatable bonds is 8. The quantitative estimate of drug-likeness (QED) is 0.766. The minimum absolute atomic E-state index is 0.445. The molecule has 96 valence electrons. The van der Waals surface area contributed by atoms with Gasteiger partial charge in [0.1, 0.15) is 5.75 Å². The molecule has 1 N–H and O–H groups in total. The molecule has 0 saturated carbocycles. The first-order valence-electron chi connectivity index (χ1n) is 6.26. The van der Waals surface area contributed by atoms with Crippen LogP contribution in [0, 0.1) is 0 Å². The van der Waals surface area contributed by atoms with Crippen LogP contribution in [0.2, 0.25) is 0 Å². The summed E-state index contributed by atoms with van der Waals surface area (Å²) in [4.78, 5) is 0. The molecular weight excluding hydrogens is 230 g/mol. The van der Waals surface area contributed by atoms with Crippen LogP contribution >= 0.6 is 11.8 Å². The van der Waals surface area contributed by atoms with Crippen LogP contribution in [0.4, 0.5) is 0 Å². The van der Waals surface area contributed by atoms with Crippen molar-refractivity contribution in [3.63, 3.8) is 0 Å².